The van der Waals surface area contributed by atoms with Crippen molar-refractivity contribution in [2.45, 2.75) is 4.90 Å². The molecular formula is C6H6CsNO3S. The van der Waals surface area contributed by atoms with E-state index in [-0.39, 0.29) is 79.5 Å². The van der Waals surface area contributed by atoms with Crippen molar-refractivity contribution in [3.8, 4) is 0 Å². The third kappa shape index (κ3) is 3.79. The van der Waals surface area contributed by atoms with Crippen LogP contribution < -0.4 is 74.6 Å². The molecule has 0 aliphatic carbocycles. The molecule has 0 saturated carbocycles. The molecular weight excluding hydrogens is 299 g/mol. The summed E-state index contributed by atoms with van der Waals surface area (Å²) in [4.78, 5) is -0.294. The van der Waals surface area contributed by atoms with E-state index in [0.717, 1.165) is 6.07 Å². The van der Waals surface area contributed by atoms with Gasteiger partial charge in [-0.05, 0) is 18.2 Å². The summed E-state index contributed by atoms with van der Waals surface area (Å²) in [6.45, 7) is 0. The van der Waals surface area contributed by atoms with E-state index in [0.29, 0.717) is 0 Å². The Kier molecular flexibility index (Phi) is 5.42. The molecule has 4 nitrogen and oxygen atoms in total. The van der Waals surface area contributed by atoms with E-state index in [1.165, 1.54) is 18.2 Å². The standard InChI is InChI=1S/C6H7NO3S.Cs/c7-5-2-1-3-6(4-5)11(8,9)10;/h1-4H,7H2,(H,8,9,10);/q;+1/p-1. The molecule has 0 bridgehead atoms. The molecule has 1 rings (SSSR count). The van der Waals surface area contributed by atoms with Crippen LogP contribution in [0.25, 0.3) is 0 Å². The molecule has 0 atom stereocenters. The van der Waals surface area contributed by atoms with Crippen molar-refractivity contribution < 1.29 is 81.9 Å². The zero-order valence-corrected chi connectivity index (χ0v) is 13.6. The first kappa shape index (κ1) is 13.0. The van der Waals surface area contributed by atoms with Crippen LogP contribution in [0.5, 0.6) is 0 Å². The van der Waals surface area contributed by atoms with Gasteiger partial charge in [-0.2, -0.15) is 0 Å². The van der Waals surface area contributed by atoms with E-state index in [2.05, 4.69) is 0 Å². The quantitative estimate of drug-likeness (QED) is 0.448. The number of nitrogens with two attached hydrogens (primary N) is 1. The minimum atomic E-state index is -4.36. The van der Waals surface area contributed by atoms with Crippen LogP contribution in [-0.4, -0.2) is 13.0 Å². The predicted molar refractivity (Wildman–Crippen MR) is 38.8 cm³/mol. The second-order valence-electron chi connectivity index (χ2n) is 2.03. The van der Waals surface area contributed by atoms with Crippen molar-refractivity contribution >= 4 is 15.8 Å². The SMILES string of the molecule is Nc1cccc(S(=O)(=O)[O-])c1.[Cs+]. The van der Waals surface area contributed by atoms with Crippen molar-refractivity contribution in [2.24, 2.45) is 0 Å². The summed E-state index contributed by atoms with van der Waals surface area (Å²) in [7, 11) is -4.36. The number of nitrogen functional groups attached to an aromatic ring is 1. The maximum Gasteiger partial charge on any atom is 1.00 e. The van der Waals surface area contributed by atoms with Gasteiger partial charge in [0.1, 0.15) is 10.1 Å². The Morgan fingerprint density at radius 2 is 1.92 bits per heavy atom. The molecule has 0 aliphatic heterocycles. The molecule has 0 spiro atoms. The molecule has 0 unspecified atom stereocenters. The van der Waals surface area contributed by atoms with Crippen LogP contribution in [0.1, 0.15) is 0 Å². The number of benzene rings is 1. The molecule has 2 N–H and O–H groups in total. The largest absolute Gasteiger partial charge is 1.00 e. The zero-order valence-electron chi connectivity index (χ0n) is 6.52. The molecule has 0 amide bonds. The maximum atomic E-state index is 10.4. The van der Waals surface area contributed by atoms with Gasteiger partial charge in [0.15, 0.2) is 0 Å². The molecule has 60 valence electrons. The average Bonchev–Trinajstić information content (AvgIpc) is 1.86. The van der Waals surface area contributed by atoms with E-state index in [1.807, 2.05) is 0 Å². The predicted octanol–water partition coefficient (Wildman–Crippen LogP) is -2.82. The summed E-state index contributed by atoms with van der Waals surface area (Å²) in [5.74, 6) is 0. The molecule has 12 heavy (non-hydrogen) atoms. The van der Waals surface area contributed by atoms with Crippen LogP contribution >= 0.6 is 0 Å². The number of anilines is 1. The minimum absolute atomic E-state index is 0. The third-order valence-electron chi connectivity index (χ3n) is 1.15. The topological polar surface area (TPSA) is 83.2 Å². The van der Waals surface area contributed by atoms with Gasteiger partial charge in [-0.15, -0.1) is 0 Å². The van der Waals surface area contributed by atoms with Crippen LogP contribution in [0.3, 0.4) is 0 Å². The molecule has 0 aliphatic rings. The van der Waals surface area contributed by atoms with Crippen LogP contribution in [0.2, 0.25) is 0 Å². The first-order valence-corrected chi connectivity index (χ1v) is 4.22. The smallest absolute Gasteiger partial charge is 0.744 e. The van der Waals surface area contributed by atoms with Gasteiger partial charge >= 0.3 is 68.9 Å². The van der Waals surface area contributed by atoms with Crippen LogP contribution in [-0.2, 0) is 10.1 Å². The Balaban J connectivity index is 0.00000121. The monoisotopic (exact) mass is 305 g/mol. The maximum absolute atomic E-state index is 10.4. The van der Waals surface area contributed by atoms with Gasteiger partial charge in [0.2, 0.25) is 0 Å². The molecule has 1 aromatic rings. The fourth-order valence-electron chi connectivity index (χ4n) is 0.670. The van der Waals surface area contributed by atoms with E-state index < -0.39 is 10.1 Å². The second kappa shape index (κ2) is 5.01. The summed E-state index contributed by atoms with van der Waals surface area (Å²) in [5, 5.41) is 0. The molecule has 0 saturated heterocycles. The summed E-state index contributed by atoms with van der Waals surface area (Å²) < 4.78 is 31.1. The number of hydrogen-bond donors (Lipinski definition) is 1. The second-order valence-corrected chi connectivity index (χ2v) is 3.41. The fourth-order valence-corrected chi connectivity index (χ4v) is 1.20. The summed E-state index contributed by atoms with van der Waals surface area (Å²) >= 11 is 0. The Morgan fingerprint density at radius 1 is 1.33 bits per heavy atom. The molecule has 0 heterocycles. The average molecular weight is 305 g/mol. The van der Waals surface area contributed by atoms with Crippen LogP contribution in [0, 0.1) is 0 Å². The first-order valence-electron chi connectivity index (χ1n) is 2.81. The van der Waals surface area contributed by atoms with Crippen molar-refractivity contribution in [3.05, 3.63) is 24.3 Å². The van der Waals surface area contributed by atoms with Gasteiger partial charge in [-0.25, -0.2) is 8.42 Å². The Morgan fingerprint density at radius 3 is 2.25 bits per heavy atom. The third-order valence-corrected chi connectivity index (χ3v) is 1.98. The van der Waals surface area contributed by atoms with E-state index in [1.54, 1.807) is 0 Å². The summed E-state index contributed by atoms with van der Waals surface area (Å²) in [6, 6.07) is 5.26. The Hall–Kier alpha value is 0.982. The molecule has 6 heteroatoms. The van der Waals surface area contributed by atoms with E-state index >= 15 is 0 Å². The van der Waals surface area contributed by atoms with Crippen molar-refractivity contribution in [2.75, 3.05) is 5.73 Å². The van der Waals surface area contributed by atoms with Crippen molar-refractivity contribution in [3.63, 3.8) is 0 Å². The van der Waals surface area contributed by atoms with Gasteiger partial charge in [-0.3, -0.25) is 0 Å². The summed E-state index contributed by atoms with van der Waals surface area (Å²) in [5.41, 5.74) is 5.52. The molecule has 0 radical (unpaired) electrons. The number of hydrogen-bond acceptors (Lipinski definition) is 4. The van der Waals surface area contributed by atoms with Gasteiger partial charge in [0.05, 0.1) is 4.90 Å². The van der Waals surface area contributed by atoms with Crippen LogP contribution in [0.4, 0.5) is 5.69 Å². The van der Waals surface area contributed by atoms with Gasteiger partial charge in [-0.1, -0.05) is 6.07 Å². The normalized spacial score (nSPS) is 10.4. The van der Waals surface area contributed by atoms with Crippen LogP contribution in [0.15, 0.2) is 29.2 Å². The Labute approximate surface area is 130 Å². The Bertz CT molecular complexity index is 363. The van der Waals surface area contributed by atoms with E-state index in [4.69, 9.17) is 5.73 Å². The fraction of sp³-hybridized carbons (Fsp3) is 0. The van der Waals surface area contributed by atoms with Crippen molar-refractivity contribution in [1.29, 1.82) is 0 Å². The minimum Gasteiger partial charge on any atom is -0.744 e. The van der Waals surface area contributed by atoms with Crippen molar-refractivity contribution in [1.82, 2.24) is 0 Å². The van der Waals surface area contributed by atoms with E-state index in [9.17, 15) is 13.0 Å². The molecule has 0 fully saturated rings. The molecule has 1 aromatic carbocycles. The number of rotatable bonds is 1. The first-order chi connectivity index (χ1) is 5.00. The molecule has 0 aromatic heterocycles. The van der Waals surface area contributed by atoms with Gasteiger partial charge in [0, 0.05) is 5.69 Å². The van der Waals surface area contributed by atoms with Gasteiger partial charge < -0.3 is 10.3 Å². The zero-order chi connectivity index (χ0) is 8.48. The van der Waals surface area contributed by atoms with Gasteiger partial charge in [0.25, 0.3) is 0 Å². The summed E-state index contributed by atoms with van der Waals surface area (Å²) in [6.07, 6.45) is 0.